The zero-order valence-electron chi connectivity index (χ0n) is 13.6. The molecule has 0 bridgehead atoms. The highest BCUT2D eigenvalue weighted by atomic mass is 32.2. The van der Waals surface area contributed by atoms with Crippen LogP contribution >= 0.6 is 0 Å². The Balaban J connectivity index is 1.70. The summed E-state index contributed by atoms with van der Waals surface area (Å²) in [6, 6.07) is 17.6. The SMILES string of the molecule is NS(=O)(=O)c1cccc(C2NC(=O)c3c(-c4ccccc4)ccn3N2)c1. The number of primary sulfonamides is 1. The van der Waals surface area contributed by atoms with Gasteiger partial charge in [0.15, 0.2) is 0 Å². The Kier molecular flexibility index (Phi) is 3.78. The van der Waals surface area contributed by atoms with Crippen LogP contribution < -0.4 is 15.9 Å². The monoisotopic (exact) mass is 368 g/mol. The predicted molar refractivity (Wildman–Crippen MR) is 97.3 cm³/mol. The summed E-state index contributed by atoms with van der Waals surface area (Å²) >= 11 is 0. The highest BCUT2D eigenvalue weighted by Gasteiger charge is 2.28. The fraction of sp³-hybridized carbons (Fsp3) is 0.0556. The van der Waals surface area contributed by atoms with Gasteiger partial charge < -0.3 is 5.32 Å². The second kappa shape index (κ2) is 6.01. The normalized spacial score (nSPS) is 16.5. The summed E-state index contributed by atoms with van der Waals surface area (Å²) in [6.45, 7) is 0. The molecule has 26 heavy (non-hydrogen) atoms. The minimum absolute atomic E-state index is 0.00525. The van der Waals surface area contributed by atoms with Crippen molar-refractivity contribution in [3.8, 4) is 11.1 Å². The maximum Gasteiger partial charge on any atom is 0.272 e. The van der Waals surface area contributed by atoms with Crippen molar-refractivity contribution in [3.63, 3.8) is 0 Å². The second-order valence-electron chi connectivity index (χ2n) is 5.97. The van der Waals surface area contributed by atoms with Crippen LogP contribution in [0.4, 0.5) is 0 Å². The highest BCUT2D eigenvalue weighted by molar-refractivity contribution is 7.89. The Morgan fingerprint density at radius 1 is 1.00 bits per heavy atom. The number of carbonyl (C=O) groups is 1. The fourth-order valence-corrected chi connectivity index (χ4v) is 3.59. The molecule has 0 aliphatic carbocycles. The smallest absolute Gasteiger partial charge is 0.272 e. The van der Waals surface area contributed by atoms with Crippen molar-refractivity contribution >= 4 is 15.9 Å². The lowest BCUT2D eigenvalue weighted by Crippen LogP contribution is -2.44. The first kappa shape index (κ1) is 16.4. The van der Waals surface area contributed by atoms with E-state index in [2.05, 4.69) is 10.7 Å². The first-order valence-electron chi connectivity index (χ1n) is 7.90. The molecule has 132 valence electrons. The molecule has 1 aliphatic rings. The molecule has 0 spiro atoms. The second-order valence-corrected chi connectivity index (χ2v) is 7.53. The lowest BCUT2D eigenvalue weighted by molar-refractivity contribution is 0.0916. The molecule has 1 aliphatic heterocycles. The molecule has 4 rings (SSSR count). The number of sulfonamides is 1. The van der Waals surface area contributed by atoms with Crippen molar-refractivity contribution in [1.82, 2.24) is 9.99 Å². The van der Waals surface area contributed by atoms with Gasteiger partial charge in [0.2, 0.25) is 10.0 Å². The van der Waals surface area contributed by atoms with Gasteiger partial charge in [-0.1, -0.05) is 42.5 Å². The number of carbonyl (C=O) groups excluding carboxylic acids is 1. The lowest BCUT2D eigenvalue weighted by atomic mass is 10.1. The molecule has 4 N–H and O–H groups in total. The van der Waals surface area contributed by atoms with E-state index in [0.29, 0.717) is 11.3 Å². The third-order valence-corrected chi connectivity index (χ3v) is 5.16. The van der Waals surface area contributed by atoms with E-state index in [9.17, 15) is 13.2 Å². The zero-order valence-corrected chi connectivity index (χ0v) is 14.4. The predicted octanol–water partition coefficient (Wildman–Crippen LogP) is 1.79. The first-order chi connectivity index (χ1) is 12.4. The van der Waals surface area contributed by atoms with Gasteiger partial charge in [-0.15, -0.1) is 0 Å². The summed E-state index contributed by atoms with van der Waals surface area (Å²) in [4.78, 5) is 12.7. The van der Waals surface area contributed by atoms with E-state index in [4.69, 9.17) is 5.14 Å². The number of hydrogen-bond donors (Lipinski definition) is 3. The van der Waals surface area contributed by atoms with E-state index in [-0.39, 0.29) is 10.8 Å². The number of rotatable bonds is 3. The van der Waals surface area contributed by atoms with Crippen molar-refractivity contribution in [1.29, 1.82) is 0 Å². The number of aromatic nitrogens is 1. The Morgan fingerprint density at radius 3 is 2.50 bits per heavy atom. The van der Waals surface area contributed by atoms with Gasteiger partial charge in [-0.2, -0.15) is 0 Å². The number of hydrogen-bond acceptors (Lipinski definition) is 4. The first-order valence-corrected chi connectivity index (χ1v) is 9.45. The van der Waals surface area contributed by atoms with Crippen molar-refractivity contribution < 1.29 is 13.2 Å². The minimum atomic E-state index is -3.82. The molecule has 2 aromatic carbocycles. The van der Waals surface area contributed by atoms with E-state index >= 15 is 0 Å². The largest absolute Gasteiger partial charge is 0.325 e. The van der Waals surface area contributed by atoms with Gasteiger partial charge in [0.05, 0.1) is 4.90 Å². The van der Waals surface area contributed by atoms with E-state index in [0.717, 1.165) is 11.1 Å². The van der Waals surface area contributed by atoms with Crippen molar-refractivity contribution in [2.75, 3.05) is 5.43 Å². The molecule has 0 saturated carbocycles. The Bertz CT molecular complexity index is 1090. The van der Waals surface area contributed by atoms with Crippen molar-refractivity contribution in [3.05, 3.63) is 78.1 Å². The third-order valence-electron chi connectivity index (χ3n) is 4.25. The summed E-state index contributed by atoms with van der Waals surface area (Å²) in [7, 11) is -3.82. The molecular weight excluding hydrogens is 352 g/mol. The van der Waals surface area contributed by atoms with Crippen LogP contribution in [-0.4, -0.2) is 19.0 Å². The summed E-state index contributed by atoms with van der Waals surface area (Å²) in [5.74, 6) is -0.251. The van der Waals surface area contributed by atoms with Crippen LogP contribution in [-0.2, 0) is 10.0 Å². The highest BCUT2D eigenvalue weighted by Crippen LogP contribution is 2.28. The van der Waals surface area contributed by atoms with E-state index in [1.54, 1.807) is 23.0 Å². The number of benzene rings is 2. The minimum Gasteiger partial charge on any atom is -0.325 e. The molecule has 1 unspecified atom stereocenters. The Morgan fingerprint density at radius 2 is 1.77 bits per heavy atom. The molecule has 3 aromatic rings. The van der Waals surface area contributed by atoms with Crippen LogP contribution in [0.15, 0.2) is 71.8 Å². The lowest BCUT2D eigenvalue weighted by Gasteiger charge is -2.29. The van der Waals surface area contributed by atoms with Gasteiger partial charge in [0, 0.05) is 11.8 Å². The quantitative estimate of drug-likeness (QED) is 0.655. The number of nitrogens with one attached hydrogen (secondary N) is 2. The van der Waals surface area contributed by atoms with Crippen molar-refractivity contribution in [2.24, 2.45) is 5.14 Å². The summed E-state index contributed by atoms with van der Waals surface area (Å²) in [5.41, 5.74) is 6.00. The number of nitrogens with two attached hydrogens (primary N) is 1. The maximum atomic E-state index is 12.7. The van der Waals surface area contributed by atoms with Crippen LogP contribution in [0, 0.1) is 0 Å². The van der Waals surface area contributed by atoms with Crippen LogP contribution in [0.25, 0.3) is 11.1 Å². The van der Waals surface area contributed by atoms with Gasteiger partial charge in [-0.3, -0.25) is 14.9 Å². The van der Waals surface area contributed by atoms with Crippen LogP contribution in [0.5, 0.6) is 0 Å². The number of amides is 1. The average Bonchev–Trinajstić information content (AvgIpc) is 3.06. The maximum absolute atomic E-state index is 12.7. The van der Waals surface area contributed by atoms with Crippen LogP contribution in [0.3, 0.4) is 0 Å². The summed E-state index contributed by atoms with van der Waals surface area (Å²) in [5, 5.41) is 8.04. The standard InChI is InChI=1S/C18H16N4O3S/c19-26(24,25)14-8-4-7-13(11-14)17-20-18(23)16-15(9-10-22(16)21-17)12-5-2-1-3-6-12/h1-11,17,21H,(H,20,23)(H2,19,24,25). The third kappa shape index (κ3) is 2.85. The molecule has 1 amide bonds. The topological polar surface area (TPSA) is 106 Å². The summed E-state index contributed by atoms with van der Waals surface area (Å²) < 4.78 is 24.8. The van der Waals surface area contributed by atoms with Crippen LogP contribution in [0.1, 0.15) is 22.2 Å². The molecule has 1 atom stereocenters. The molecular formula is C18H16N4O3S. The summed E-state index contributed by atoms with van der Waals surface area (Å²) in [6.07, 6.45) is 1.19. The van der Waals surface area contributed by atoms with E-state index in [1.807, 2.05) is 36.4 Å². The van der Waals surface area contributed by atoms with E-state index < -0.39 is 16.2 Å². The molecule has 0 saturated heterocycles. The molecule has 8 heteroatoms. The van der Waals surface area contributed by atoms with Gasteiger partial charge >= 0.3 is 0 Å². The van der Waals surface area contributed by atoms with Gasteiger partial charge in [0.1, 0.15) is 11.9 Å². The number of nitrogens with zero attached hydrogens (tertiary/aromatic N) is 1. The van der Waals surface area contributed by atoms with E-state index in [1.165, 1.54) is 12.1 Å². The van der Waals surface area contributed by atoms with Crippen molar-refractivity contribution in [2.45, 2.75) is 11.1 Å². The molecule has 1 aromatic heterocycles. The Hall–Kier alpha value is -3.10. The van der Waals surface area contributed by atoms with Crippen LogP contribution in [0.2, 0.25) is 0 Å². The molecule has 0 fully saturated rings. The molecule has 7 nitrogen and oxygen atoms in total. The molecule has 2 heterocycles. The number of fused-ring (bicyclic) bond motifs is 1. The Labute approximate surface area is 150 Å². The molecule has 0 radical (unpaired) electrons. The van der Waals surface area contributed by atoms with Gasteiger partial charge in [0.25, 0.3) is 5.91 Å². The average molecular weight is 368 g/mol. The van der Waals surface area contributed by atoms with Gasteiger partial charge in [-0.25, -0.2) is 13.6 Å². The van der Waals surface area contributed by atoms with Gasteiger partial charge in [-0.05, 0) is 29.3 Å². The zero-order chi connectivity index (χ0) is 18.3. The fourth-order valence-electron chi connectivity index (χ4n) is 3.02.